The number of hydrogen-bond acceptors (Lipinski definition) is 5. The maximum absolute atomic E-state index is 11.0. The van der Waals surface area contributed by atoms with E-state index in [0.717, 1.165) is 18.1 Å². The number of rotatable bonds is 4. The minimum Gasteiger partial charge on any atom is -0.368 e. The van der Waals surface area contributed by atoms with Crippen molar-refractivity contribution < 1.29 is 4.79 Å². The van der Waals surface area contributed by atoms with Crippen molar-refractivity contribution in [1.29, 1.82) is 0 Å². The highest BCUT2D eigenvalue weighted by Crippen LogP contribution is 2.12. The molecule has 2 N–H and O–H groups in total. The average molecular weight is 235 g/mol. The summed E-state index contributed by atoms with van der Waals surface area (Å²) in [6, 6.07) is 2.09. The van der Waals surface area contributed by atoms with Gasteiger partial charge in [0.05, 0.1) is 0 Å². The van der Waals surface area contributed by atoms with Crippen LogP contribution in [0.1, 0.15) is 12.8 Å². The van der Waals surface area contributed by atoms with E-state index in [-0.39, 0.29) is 11.9 Å². The Kier molecular flexibility index (Phi) is 3.41. The number of carbonyl (C=O) groups is 1. The smallest absolute Gasteiger partial charge is 0.220 e. The summed E-state index contributed by atoms with van der Waals surface area (Å²) in [5.74, 6) is 1.77. The van der Waals surface area contributed by atoms with Crippen LogP contribution in [0.25, 0.3) is 0 Å². The molecule has 1 amide bonds. The van der Waals surface area contributed by atoms with Crippen LogP contribution in [0.5, 0.6) is 0 Å². The molecule has 1 aliphatic rings. The van der Waals surface area contributed by atoms with E-state index in [0.29, 0.717) is 13.0 Å². The Balaban J connectivity index is 1.90. The number of nitrogens with one attached hydrogen (secondary N) is 2. The van der Waals surface area contributed by atoms with E-state index in [1.807, 2.05) is 25.1 Å². The number of aromatic nitrogens is 2. The highest BCUT2D eigenvalue weighted by molar-refractivity contribution is 5.78. The van der Waals surface area contributed by atoms with Crippen LogP contribution >= 0.6 is 0 Å². The minimum atomic E-state index is 0.133. The van der Waals surface area contributed by atoms with Crippen LogP contribution in [0, 0.1) is 0 Å². The first-order valence-corrected chi connectivity index (χ1v) is 5.68. The Bertz CT molecular complexity index is 407. The first-order chi connectivity index (χ1) is 8.15. The molecule has 92 valence electrons. The topological polar surface area (TPSA) is 70.2 Å². The van der Waals surface area contributed by atoms with Gasteiger partial charge in [-0.05, 0) is 6.42 Å². The molecule has 2 heterocycles. The third-order valence-corrected chi connectivity index (χ3v) is 2.73. The van der Waals surface area contributed by atoms with Crippen LogP contribution in [-0.2, 0) is 4.79 Å². The van der Waals surface area contributed by atoms with E-state index < -0.39 is 0 Å². The van der Waals surface area contributed by atoms with Gasteiger partial charge in [-0.1, -0.05) is 0 Å². The molecule has 0 radical (unpaired) electrons. The lowest BCUT2D eigenvalue weighted by molar-refractivity contribution is -0.119. The predicted molar refractivity (Wildman–Crippen MR) is 66.0 cm³/mol. The number of carbonyl (C=O) groups excluding carboxylic acids is 1. The summed E-state index contributed by atoms with van der Waals surface area (Å²) >= 11 is 0. The molecule has 0 aliphatic carbocycles. The van der Waals surface area contributed by atoms with Crippen molar-refractivity contribution in [3.63, 3.8) is 0 Å². The summed E-state index contributed by atoms with van der Waals surface area (Å²) in [6.45, 7) is 0.704. The standard InChI is InChI=1S/C11H17N5O/c1-16(2)10-5-9(13-7-14-10)12-6-8-3-4-11(17)15-8/h5,7-8H,3-4,6H2,1-2H3,(H,15,17)(H,12,13,14). The molecular formula is C11H17N5O. The molecule has 1 aromatic rings. The Hall–Kier alpha value is -1.85. The molecule has 1 aromatic heterocycles. The lowest BCUT2D eigenvalue weighted by Crippen LogP contribution is -2.32. The molecular weight excluding hydrogens is 218 g/mol. The van der Waals surface area contributed by atoms with E-state index >= 15 is 0 Å². The highest BCUT2D eigenvalue weighted by Gasteiger charge is 2.20. The zero-order chi connectivity index (χ0) is 12.3. The van der Waals surface area contributed by atoms with Crippen molar-refractivity contribution in [2.24, 2.45) is 0 Å². The molecule has 1 saturated heterocycles. The third kappa shape index (κ3) is 3.05. The Labute approximate surface area is 100 Å². The van der Waals surface area contributed by atoms with Crippen LogP contribution in [0.2, 0.25) is 0 Å². The Morgan fingerprint density at radius 3 is 3.00 bits per heavy atom. The van der Waals surface area contributed by atoms with Crippen LogP contribution in [-0.4, -0.2) is 42.6 Å². The fourth-order valence-electron chi connectivity index (χ4n) is 1.75. The third-order valence-electron chi connectivity index (χ3n) is 2.73. The number of amides is 1. The number of anilines is 2. The summed E-state index contributed by atoms with van der Waals surface area (Å²) in [7, 11) is 3.87. The van der Waals surface area contributed by atoms with Crippen molar-refractivity contribution in [3.8, 4) is 0 Å². The van der Waals surface area contributed by atoms with E-state index in [1.54, 1.807) is 0 Å². The molecule has 0 bridgehead atoms. The summed E-state index contributed by atoms with van der Waals surface area (Å²) < 4.78 is 0. The molecule has 1 atom stereocenters. The summed E-state index contributed by atoms with van der Waals surface area (Å²) in [5.41, 5.74) is 0. The second-order valence-corrected chi connectivity index (χ2v) is 4.34. The minimum absolute atomic E-state index is 0.133. The normalized spacial score (nSPS) is 18.9. The van der Waals surface area contributed by atoms with Gasteiger partial charge in [0, 0.05) is 39.2 Å². The molecule has 17 heavy (non-hydrogen) atoms. The van der Waals surface area contributed by atoms with Crippen molar-refractivity contribution in [2.45, 2.75) is 18.9 Å². The van der Waals surface area contributed by atoms with Gasteiger partial charge in [-0.3, -0.25) is 4.79 Å². The molecule has 0 spiro atoms. The zero-order valence-electron chi connectivity index (χ0n) is 10.1. The van der Waals surface area contributed by atoms with Gasteiger partial charge in [0.1, 0.15) is 18.0 Å². The van der Waals surface area contributed by atoms with Gasteiger partial charge in [-0.25, -0.2) is 9.97 Å². The van der Waals surface area contributed by atoms with Gasteiger partial charge < -0.3 is 15.5 Å². The second kappa shape index (κ2) is 4.99. The summed E-state index contributed by atoms with van der Waals surface area (Å²) in [6.07, 6.45) is 3.04. The first-order valence-electron chi connectivity index (χ1n) is 5.68. The van der Waals surface area contributed by atoms with Crippen molar-refractivity contribution in [1.82, 2.24) is 15.3 Å². The fraction of sp³-hybridized carbons (Fsp3) is 0.545. The molecule has 2 rings (SSSR count). The van der Waals surface area contributed by atoms with E-state index in [9.17, 15) is 4.79 Å². The van der Waals surface area contributed by atoms with Gasteiger partial charge in [0.25, 0.3) is 0 Å². The zero-order valence-corrected chi connectivity index (χ0v) is 10.1. The largest absolute Gasteiger partial charge is 0.368 e. The molecule has 6 heteroatoms. The van der Waals surface area contributed by atoms with Crippen LogP contribution in [0.4, 0.5) is 11.6 Å². The van der Waals surface area contributed by atoms with E-state index in [1.165, 1.54) is 6.33 Å². The SMILES string of the molecule is CN(C)c1cc(NCC2CCC(=O)N2)ncn1. The van der Waals surface area contributed by atoms with Crippen LogP contribution in [0.3, 0.4) is 0 Å². The van der Waals surface area contributed by atoms with Crippen molar-refractivity contribution >= 4 is 17.5 Å². The molecule has 1 aliphatic heterocycles. The lowest BCUT2D eigenvalue weighted by Gasteiger charge is -2.14. The van der Waals surface area contributed by atoms with Crippen LogP contribution in [0.15, 0.2) is 12.4 Å². The maximum atomic E-state index is 11.0. The number of hydrogen-bond donors (Lipinski definition) is 2. The van der Waals surface area contributed by atoms with Gasteiger partial charge in [-0.15, -0.1) is 0 Å². The summed E-state index contributed by atoms with van der Waals surface area (Å²) in [4.78, 5) is 21.2. The Morgan fingerprint density at radius 1 is 1.53 bits per heavy atom. The fourth-order valence-corrected chi connectivity index (χ4v) is 1.75. The average Bonchev–Trinajstić information content (AvgIpc) is 2.73. The van der Waals surface area contributed by atoms with Gasteiger partial charge in [-0.2, -0.15) is 0 Å². The van der Waals surface area contributed by atoms with Gasteiger partial charge in [0.15, 0.2) is 0 Å². The molecule has 0 aromatic carbocycles. The number of nitrogens with zero attached hydrogens (tertiary/aromatic N) is 3. The van der Waals surface area contributed by atoms with Gasteiger partial charge in [0.2, 0.25) is 5.91 Å². The molecule has 0 saturated carbocycles. The summed E-state index contributed by atoms with van der Waals surface area (Å²) in [5, 5.41) is 6.12. The molecule has 1 fully saturated rings. The van der Waals surface area contributed by atoms with Crippen molar-refractivity contribution in [3.05, 3.63) is 12.4 Å². The molecule has 1 unspecified atom stereocenters. The Morgan fingerprint density at radius 2 is 2.35 bits per heavy atom. The maximum Gasteiger partial charge on any atom is 0.220 e. The first kappa shape index (κ1) is 11.6. The highest BCUT2D eigenvalue weighted by atomic mass is 16.1. The quantitative estimate of drug-likeness (QED) is 0.782. The van der Waals surface area contributed by atoms with E-state index in [4.69, 9.17) is 0 Å². The lowest BCUT2D eigenvalue weighted by atomic mass is 10.2. The van der Waals surface area contributed by atoms with Gasteiger partial charge >= 0.3 is 0 Å². The van der Waals surface area contributed by atoms with Crippen LogP contribution < -0.4 is 15.5 Å². The molecule has 6 nitrogen and oxygen atoms in total. The predicted octanol–water partition coefficient (Wildman–Crippen LogP) is 0.233. The van der Waals surface area contributed by atoms with E-state index in [2.05, 4.69) is 20.6 Å². The monoisotopic (exact) mass is 235 g/mol. The second-order valence-electron chi connectivity index (χ2n) is 4.34. The van der Waals surface area contributed by atoms with Crippen molar-refractivity contribution in [2.75, 3.05) is 30.9 Å².